The van der Waals surface area contributed by atoms with Crippen LogP contribution < -0.4 is 10.2 Å². The van der Waals surface area contributed by atoms with Crippen LogP contribution in [0.1, 0.15) is 36.8 Å². The fourth-order valence-electron chi connectivity index (χ4n) is 3.64. The standard InChI is InChI=1S/C23H24N4O/c1-15(2)24-21-14-19(25-22(26-21)17-9-5-4-6-10-17)23(28)27-16(3)13-18-11-7-8-12-20(18)27/h4-12,14-16H,13H2,1-3H3,(H,24,25,26). The van der Waals surface area contributed by atoms with Crippen molar-refractivity contribution in [2.45, 2.75) is 39.3 Å². The second kappa shape index (κ2) is 7.43. The molecule has 5 heteroatoms. The van der Waals surface area contributed by atoms with E-state index in [0.717, 1.165) is 17.7 Å². The maximum Gasteiger partial charge on any atom is 0.277 e. The summed E-state index contributed by atoms with van der Waals surface area (Å²) in [6.07, 6.45) is 0.857. The van der Waals surface area contributed by atoms with Crippen molar-refractivity contribution in [3.63, 3.8) is 0 Å². The van der Waals surface area contributed by atoms with E-state index in [1.165, 1.54) is 5.56 Å². The molecule has 3 aromatic rings. The minimum absolute atomic E-state index is 0.0937. The van der Waals surface area contributed by atoms with Gasteiger partial charge in [0.25, 0.3) is 5.91 Å². The summed E-state index contributed by atoms with van der Waals surface area (Å²) in [5.74, 6) is 1.12. The number of anilines is 2. The smallest absolute Gasteiger partial charge is 0.277 e. The molecule has 0 saturated heterocycles. The monoisotopic (exact) mass is 372 g/mol. The molecule has 0 radical (unpaired) electrons. The molecule has 142 valence electrons. The van der Waals surface area contributed by atoms with Crippen LogP contribution in [0.5, 0.6) is 0 Å². The number of benzene rings is 2. The van der Waals surface area contributed by atoms with Gasteiger partial charge in [0.05, 0.1) is 0 Å². The zero-order valence-corrected chi connectivity index (χ0v) is 16.4. The molecule has 0 bridgehead atoms. The van der Waals surface area contributed by atoms with E-state index >= 15 is 0 Å². The zero-order valence-electron chi connectivity index (χ0n) is 16.4. The maximum absolute atomic E-state index is 13.4. The number of carbonyl (C=O) groups excluding carboxylic acids is 1. The molecule has 0 fully saturated rings. The highest BCUT2D eigenvalue weighted by Crippen LogP contribution is 2.33. The van der Waals surface area contributed by atoms with Gasteiger partial charge < -0.3 is 10.2 Å². The van der Waals surface area contributed by atoms with Crippen LogP contribution in [-0.4, -0.2) is 28.0 Å². The number of aromatic nitrogens is 2. The summed E-state index contributed by atoms with van der Waals surface area (Å²) in [7, 11) is 0. The van der Waals surface area contributed by atoms with Gasteiger partial charge in [0.15, 0.2) is 5.82 Å². The highest BCUT2D eigenvalue weighted by Gasteiger charge is 2.32. The van der Waals surface area contributed by atoms with Crippen LogP contribution in [0.3, 0.4) is 0 Å². The lowest BCUT2D eigenvalue weighted by molar-refractivity contribution is 0.0976. The number of para-hydroxylation sites is 1. The molecule has 1 aliphatic heterocycles. The Kier molecular flexibility index (Phi) is 4.82. The summed E-state index contributed by atoms with van der Waals surface area (Å²) in [5.41, 5.74) is 3.46. The van der Waals surface area contributed by atoms with Gasteiger partial charge in [-0.3, -0.25) is 4.79 Å². The van der Waals surface area contributed by atoms with E-state index in [1.807, 2.05) is 67.3 Å². The molecule has 1 amide bonds. The van der Waals surface area contributed by atoms with E-state index < -0.39 is 0 Å². The molecule has 1 aromatic heterocycles. The number of rotatable bonds is 4. The zero-order chi connectivity index (χ0) is 19.7. The third kappa shape index (κ3) is 3.48. The van der Waals surface area contributed by atoms with Crippen LogP contribution in [0.15, 0.2) is 60.7 Å². The summed E-state index contributed by atoms with van der Waals surface area (Å²) < 4.78 is 0. The van der Waals surface area contributed by atoms with Gasteiger partial charge in [-0.1, -0.05) is 48.5 Å². The Morgan fingerprint density at radius 1 is 1.07 bits per heavy atom. The number of carbonyl (C=O) groups is 1. The second-order valence-corrected chi connectivity index (χ2v) is 7.48. The van der Waals surface area contributed by atoms with Gasteiger partial charge in [0.2, 0.25) is 0 Å². The van der Waals surface area contributed by atoms with E-state index in [9.17, 15) is 4.79 Å². The van der Waals surface area contributed by atoms with Crippen molar-refractivity contribution in [1.82, 2.24) is 9.97 Å². The molecule has 0 spiro atoms. The molecule has 28 heavy (non-hydrogen) atoms. The van der Waals surface area contributed by atoms with Gasteiger partial charge in [-0.05, 0) is 38.8 Å². The number of nitrogens with zero attached hydrogens (tertiary/aromatic N) is 3. The Bertz CT molecular complexity index is 1000. The molecule has 1 aliphatic rings. The summed E-state index contributed by atoms with van der Waals surface area (Å²) in [6, 6.07) is 19.9. The van der Waals surface area contributed by atoms with Crippen LogP contribution >= 0.6 is 0 Å². The number of amides is 1. The maximum atomic E-state index is 13.4. The molecule has 2 heterocycles. The molecule has 1 unspecified atom stereocenters. The first kappa shape index (κ1) is 18.2. The van der Waals surface area contributed by atoms with Crippen LogP contribution in [0.2, 0.25) is 0 Å². The fraction of sp³-hybridized carbons (Fsp3) is 0.261. The first-order valence-electron chi connectivity index (χ1n) is 9.65. The van der Waals surface area contributed by atoms with Crippen LogP contribution in [-0.2, 0) is 6.42 Å². The normalized spacial score (nSPS) is 15.6. The third-order valence-electron chi connectivity index (χ3n) is 4.84. The van der Waals surface area contributed by atoms with Gasteiger partial charge in [0, 0.05) is 29.4 Å². The Labute approximate surface area is 165 Å². The van der Waals surface area contributed by atoms with E-state index in [4.69, 9.17) is 0 Å². The van der Waals surface area contributed by atoms with Gasteiger partial charge in [-0.25, -0.2) is 9.97 Å². The molecule has 4 rings (SSSR count). The van der Waals surface area contributed by atoms with Crippen LogP contribution in [0.25, 0.3) is 11.4 Å². The van der Waals surface area contributed by atoms with Crippen molar-refractivity contribution in [2.24, 2.45) is 0 Å². The lowest BCUT2D eigenvalue weighted by Crippen LogP contribution is -2.36. The number of hydrogen-bond acceptors (Lipinski definition) is 4. The molecule has 5 nitrogen and oxygen atoms in total. The minimum Gasteiger partial charge on any atom is -0.368 e. The Hall–Kier alpha value is -3.21. The number of nitrogens with one attached hydrogen (secondary N) is 1. The second-order valence-electron chi connectivity index (χ2n) is 7.48. The van der Waals surface area contributed by atoms with Gasteiger partial charge in [0.1, 0.15) is 11.5 Å². The highest BCUT2D eigenvalue weighted by molar-refractivity contribution is 6.07. The van der Waals surface area contributed by atoms with Crippen molar-refractivity contribution in [3.05, 3.63) is 71.9 Å². The molecule has 1 atom stereocenters. The number of hydrogen-bond donors (Lipinski definition) is 1. The van der Waals surface area contributed by atoms with Gasteiger partial charge >= 0.3 is 0 Å². The summed E-state index contributed by atoms with van der Waals surface area (Å²) >= 11 is 0. The third-order valence-corrected chi connectivity index (χ3v) is 4.84. The lowest BCUT2D eigenvalue weighted by Gasteiger charge is -2.23. The van der Waals surface area contributed by atoms with Crippen molar-refractivity contribution in [1.29, 1.82) is 0 Å². The van der Waals surface area contributed by atoms with E-state index in [0.29, 0.717) is 17.3 Å². The predicted molar refractivity (Wildman–Crippen MR) is 113 cm³/mol. The Morgan fingerprint density at radius 2 is 1.79 bits per heavy atom. The SMILES string of the molecule is CC(C)Nc1cc(C(=O)N2c3ccccc3CC2C)nc(-c2ccccc2)n1. The Morgan fingerprint density at radius 3 is 2.54 bits per heavy atom. The molecule has 0 saturated carbocycles. The molecule has 0 aliphatic carbocycles. The predicted octanol–water partition coefficient (Wildman–Crippen LogP) is 4.56. The number of fused-ring (bicyclic) bond motifs is 1. The van der Waals surface area contributed by atoms with Crippen molar-refractivity contribution in [2.75, 3.05) is 10.2 Å². The van der Waals surface area contributed by atoms with Crippen LogP contribution in [0, 0.1) is 0 Å². The topological polar surface area (TPSA) is 58.1 Å². The molecule has 1 N–H and O–H groups in total. The summed E-state index contributed by atoms with van der Waals surface area (Å²) in [6.45, 7) is 6.17. The average Bonchev–Trinajstić information content (AvgIpc) is 3.03. The molecule has 2 aromatic carbocycles. The first-order valence-corrected chi connectivity index (χ1v) is 9.65. The summed E-state index contributed by atoms with van der Waals surface area (Å²) in [4.78, 5) is 24.5. The highest BCUT2D eigenvalue weighted by atomic mass is 16.2. The fourth-order valence-corrected chi connectivity index (χ4v) is 3.64. The van der Waals surface area contributed by atoms with Gasteiger partial charge in [-0.15, -0.1) is 0 Å². The van der Waals surface area contributed by atoms with Gasteiger partial charge in [-0.2, -0.15) is 0 Å². The Balaban J connectivity index is 1.77. The van der Waals surface area contributed by atoms with Crippen molar-refractivity contribution >= 4 is 17.4 Å². The first-order chi connectivity index (χ1) is 13.5. The van der Waals surface area contributed by atoms with Crippen LogP contribution in [0.4, 0.5) is 11.5 Å². The van der Waals surface area contributed by atoms with Crippen molar-refractivity contribution in [3.8, 4) is 11.4 Å². The minimum atomic E-state index is -0.0937. The largest absolute Gasteiger partial charge is 0.368 e. The lowest BCUT2D eigenvalue weighted by atomic mass is 10.1. The molecular formula is C23H24N4O. The summed E-state index contributed by atoms with van der Waals surface area (Å²) in [5, 5.41) is 3.31. The van der Waals surface area contributed by atoms with Crippen molar-refractivity contribution < 1.29 is 4.79 Å². The molecular weight excluding hydrogens is 348 g/mol. The quantitative estimate of drug-likeness (QED) is 0.730. The van der Waals surface area contributed by atoms with E-state index in [-0.39, 0.29) is 18.0 Å². The van der Waals surface area contributed by atoms with E-state index in [2.05, 4.69) is 28.3 Å². The van der Waals surface area contributed by atoms with E-state index in [1.54, 1.807) is 6.07 Å². The average molecular weight is 372 g/mol.